The third-order valence-electron chi connectivity index (χ3n) is 3.07. The number of benzene rings is 2. The van der Waals surface area contributed by atoms with Crippen molar-refractivity contribution in [2.24, 2.45) is 0 Å². The molecule has 19 heavy (non-hydrogen) atoms. The number of para-hydroxylation sites is 1. The number of aromatic carboxylic acids is 1. The summed E-state index contributed by atoms with van der Waals surface area (Å²) in [6.07, 6.45) is -0.328. The van der Waals surface area contributed by atoms with Crippen LogP contribution in [0.15, 0.2) is 42.5 Å². The number of nitrogens with one attached hydrogen (secondary N) is 2. The van der Waals surface area contributed by atoms with E-state index in [4.69, 9.17) is 5.11 Å². The highest BCUT2D eigenvalue weighted by Crippen LogP contribution is 2.37. The van der Waals surface area contributed by atoms with Crippen molar-refractivity contribution in [3.63, 3.8) is 0 Å². The standard InChI is InChI=1S/C14H11FN2O2/c15-9-4-1-3-8(7-9)13-16-11-6-2-5-10(14(18)19)12(11)17-13/h1-7,13,16-17H,(H,18,19). The molecule has 0 fully saturated rings. The van der Waals surface area contributed by atoms with Crippen LogP contribution < -0.4 is 10.6 Å². The number of carboxylic acids is 1. The van der Waals surface area contributed by atoms with Crippen molar-refractivity contribution < 1.29 is 14.3 Å². The number of carbonyl (C=O) groups is 1. The molecule has 4 nitrogen and oxygen atoms in total. The Morgan fingerprint density at radius 1 is 1.16 bits per heavy atom. The maximum Gasteiger partial charge on any atom is 0.337 e. The molecule has 1 aliphatic heterocycles. The minimum atomic E-state index is -0.994. The zero-order valence-corrected chi connectivity index (χ0v) is 9.85. The van der Waals surface area contributed by atoms with Gasteiger partial charge < -0.3 is 15.7 Å². The lowest BCUT2D eigenvalue weighted by atomic mass is 10.1. The van der Waals surface area contributed by atoms with E-state index >= 15 is 0 Å². The highest BCUT2D eigenvalue weighted by Gasteiger charge is 2.25. The molecule has 1 unspecified atom stereocenters. The summed E-state index contributed by atoms with van der Waals surface area (Å²) in [4.78, 5) is 11.1. The molecule has 0 saturated heterocycles. The van der Waals surface area contributed by atoms with Gasteiger partial charge in [-0.05, 0) is 29.8 Å². The summed E-state index contributed by atoms with van der Waals surface area (Å²) in [5, 5.41) is 15.3. The molecule has 0 aromatic heterocycles. The molecule has 0 aliphatic carbocycles. The van der Waals surface area contributed by atoms with E-state index in [0.717, 1.165) is 0 Å². The van der Waals surface area contributed by atoms with Crippen molar-refractivity contribution in [3.05, 3.63) is 59.4 Å². The summed E-state index contributed by atoms with van der Waals surface area (Å²) in [5.74, 6) is -1.32. The monoisotopic (exact) mass is 258 g/mol. The van der Waals surface area contributed by atoms with Gasteiger partial charge in [-0.15, -0.1) is 0 Å². The Labute approximate surface area is 108 Å². The summed E-state index contributed by atoms with van der Waals surface area (Å²) < 4.78 is 13.2. The average Bonchev–Trinajstić information content (AvgIpc) is 2.82. The minimum absolute atomic E-state index is 0.198. The molecule has 2 aromatic rings. The molecular weight excluding hydrogens is 247 g/mol. The molecule has 3 rings (SSSR count). The summed E-state index contributed by atoms with van der Waals surface area (Å²) in [5.41, 5.74) is 2.15. The fourth-order valence-electron chi connectivity index (χ4n) is 2.20. The number of hydrogen-bond donors (Lipinski definition) is 3. The Bertz CT molecular complexity index is 658. The number of rotatable bonds is 2. The number of anilines is 2. The fraction of sp³-hybridized carbons (Fsp3) is 0.0714. The van der Waals surface area contributed by atoms with Crippen LogP contribution in [0, 0.1) is 5.82 Å². The van der Waals surface area contributed by atoms with Gasteiger partial charge >= 0.3 is 5.97 Å². The first-order valence-electron chi connectivity index (χ1n) is 5.80. The van der Waals surface area contributed by atoms with Crippen LogP contribution in [0.4, 0.5) is 15.8 Å². The van der Waals surface area contributed by atoms with E-state index in [1.54, 1.807) is 24.3 Å². The summed E-state index contributed by atoms with van der Waals surface area (Å²) >= 11 is 0. The molecule has 0 amide bonds. The zero-order valence-electron chi connectivity index (χ0n) is 9.85. The first-order valence-corrected chi connectivity index (χ1v) is 5.80. The van der Waals surface area contributed by atoms with Gasteiger partial charge in [-0.3, -0.25) is 0 Å². The first-order chi connectivity index (χ1) is 9.15. The van der Waals surface area contributed by atoms with Gasteiger partial charge in [0.05, 0.1) is 16.9 Å². The van der Waals surface area contributed by atoms with E-state index in [-0.39, 0.29) is 17.5 Å². The van der Waals surface area contributed by atoms with Gasteiger partial charge in [-0.2, -0.15) is 0 Å². The van der Waals surface area contributed by atoms with Gasteiger partial charge in [0, 0.05) is 0 Å². The summed E-state index contributed by atoms with van der Waals surface area (Å²) in [6.45, 7) is 0. The second kappa shape index (κ2) is 4.28. The van der Waals surface area contributed by atoms with Gasteiger partial charge in [-0.25, -0.2) is 9.18 Å². The molecule has 1 atom stereocenters. The number of fused-ring (bicyclic) bond motifs is 1. The third-order valence-corrected chi connectivity index (χ3v) is 3.07. The topological polar surface area (TPSA) is 61.4 Å². The van der Waals surface area contributed by atoms with Gasteiger partial charge in [0.1, 0.15) is 12.0 Å². The molecule has 1 aliphatic rings. The lowest BCUT2D eigenvalue weighted by molar-refractivity contribution is 0.0698. The van der Waals surface area contributed by atoms with Crippen LogP contribution in [-0.2, 0) is 0 Å². The molecule has 0 bridgehead atoms. The molecule has 2 aromatic carbocycles. The molecule has 96 valence electrons. The van der Waals surface area contributed by atoms with Crippen LogP contribution in [0.25, 0.3) is 0 Å². The number of halogens is 1. The Morgan fingerprint density at radius 3 is 2.68 bits per heavy atom. The van der Waals surface area contributed by atoms with E-state index in [1.807, 2.05) is 0 Å². The Hall–Kier alpha value is -2.56. The van der Waals surface area contributed by atoms with E-state index < -0.39 is 5.97 Å². The maximum absolute atomic E-state index is 13.2. The number of hydrogen-bond acceptors (Lipinski definition) is 3. The largest absolute Gasteiger partial charge is 0.478 e. The zero-order chi connectivity index (χ0) is 13.4. The van der Waals surface area contributed by atoms with E-state index in [9.17, 15) is 9.18 Å². The van der Waals surface area contributed by atoms with Gasteiger partial charge in [0.15, 0.2) is 0 Å². The minimum Gasteiger partial charge on any atom is -0.478 e. The quantitative estimate of drug-likeness (QED) is 0.774. The van der Waals surface area contributed by atoms with Crippen molar-refractivity contribution in [1.82, 2.24) is 0 Å². The van der Waals surface area contributed by atoms with Crippen molar-refractivity contribution >= 4 is 17.3 Å². The normalized spacial score (nSPS) is 16.4. The van der Waals surface area contributed by atoms with Crippen LogP contribution in [0.2, 0.25) is 0 Å². The SMILES string of the molecule is O=C(O)c1cccc2c1NC(c1cccc(F)c1)N2. The molecule has 5 heteroatoms. The first kappa shape index (κ1) is 11.5. The van der Waals surface area contributed by atoms with Crippen LogP contribution in [0.5, 0.6) is 0 Å². The Kier molecular flexibility index (Phi) is 2.59. The Balaban J connectivity index is 1.96. The lowest BCUT2D eigenvalue weighted by Gasteiger charge is -2.12. The number of carboxylic acid groups (broad SMARTS) is 1. The molecular formula is C14H11FN2O2. The predicted molar refractivity (Wildman–Crippen MR) is 69.8 cm³/mol. The molecule has 3 N–H and O–H groups in total. The van der Waals surface area contributed by atoms with Crippen LogP contribution >= 0.6 is 0 Å². The van der Waals surface area contributed by atoms with Gasteiger partial charge in [0.2, 0.25) is 0 Å². The third kappa shape index (κ3) is 1.99. The lowest BCUT2D eigenvalue weighted by Crippen LogP contribution is -2.12. The smallest absolute Gasteiger partial charge is 0.337 e. The van der Waals surface area contributed by atoms with Crippen LogP contribution in [0.1, 0.15) is 22.1 Å². The van der Waals surface area contributed by atoms with Crippen molar-refractivity contribution in [2.45, 2.75) is 6.17 Å². The van der Waals surface area contributed by atoms with Crippen LogP contribution in [0.3, 0.4) is 0 Å². The molecule has 0 spiro atoms. The fourth-order valence-corrected chi connectivity index (χ4v) is 2.20. The average molecular weight is 258 g/mol. The van der Waals surface area contributed by atoms with Gasteiger partial charge in [0.25, 0.3) is 0 Å². The van der Waals surface area contributed by atoms with E-state index in [1.165, 1.54) is 18.2 Å². The molecule has 0 saturated carbocycles. The van der Waals surface area contributed by atoms with Crippen molar-refractivity contribution in [2.75, 3.05) is 10.6 Å². The van der Waals surface area contributed by atoms with Gasteiger partial charge in [-0.1, -0.05) is 18.2 Å². The van der Waals surface area contributed by atoms with E-state index in [2.05, 4.69) is 10.6 Å². The second-order valence-electron chi connectivity index (χ2n) is 4.31. The second-order valence-corrected chi connectivity index (χ2v) is 4.31. The Morgan fingerprint density at radius 2 is 1.95 bits per heavy atom. The highest BCUT2D eigenvalue weighted by atomic mass is 19.1. The summed E-state index contributed by atoms with van der Waals surface area (Å²) in [6, 6.07) is 11.2. The molecule has 1 heterocycles. The highest BCUT2D eigenvalue weighted by molar-refractivity contribution is 5.99. The maximum atomic E-state index is 13.2. The van der Waals surface area contributed by atoms with Crippen LogP contribution in [-0.4, -0.2) is 11.1 Å². The van der Waals surface area contributed by atoms with Crippen molar-refractivity contribution in [3.8, 4) is 0 Å². The molecule has 0 radical (unpaired) electrons. The van der Waals surface area contributed by atoms with Crippen molar-refractivity contribution in [1.29, 1.82) is 0 Å². The summed E-state index contributed by atoms with van der Waals surface area (Å²) in [7, 11) is 0. The predicted octanol–water partition coefficient (Wildman–Crippen LogP) is 3.06. The van der Waals surface area contributed by atoms with E-state index in [0.29, 0.717) is 16.9 Å².